The van der Waals surface area contributed by atoms with Crippen LogP contribution in [0, 0.1) is 5.92 Å². The van der Waals surface area contributed by atoms with Crippen LogP contribution < -0.4 is 15.0 Å². The van der Waals surface area contributed by atoms with Crippen LogP contribution in [0.15, 0.2) is 24.3 Å². The number of ether oxygens (including phenoxy) is 1. The number of anilines is 1. The molecule has 0 atom stereocenters. The van der Waals surface area contributed by atoms with E-state index in [0.717, 1.165) is 56.5 Å². The second kappa shape index (κ2) is 9.70. The van der Waals surface area contributed by atoms with Crippen LogP contribution >= 0.6 is 0 Å². The average Bonchev–Trinajstić information content (AvgIpc) is 3.19. The number of carbonyl (C=O) groups excluding carboxylic acids is 1. The standard InChI is InChI=1S/C21H33N3O2/c1-2-26-20-12-6-5-11-19(20)23-14-16-24(17-15-23)21(25)22-13-7-10-18-8-3-4-9-18/h5-6,11-12,18H,2-4,7-10,13-17H2,1H3,(H,22,25). The number of carbonyl (C=O) groups is 1. The lowest BCUT2D eigenvalue weighted by atomic mass is 10.0. The Labute approximate surface area is 157 Å². The number of urea groups is 1. The smallest absolute Gasteiger partial charge is 0.317 e. The van der Waals surface area contributed by atoms with Crippen molar-refractivity contribution in [1.29, 1.82) is 0 Å². The van der Waals surface area contributed by atoms with Crippen molar-refractivity contribution >= 4 is 11.7 Å². The number of benzene rings is 1. The summed E-state index contributed by atoms with van der Waals surface area (Å²) in [6, 6.07) is 8.26. The van der Waals surface area contributed by atoms with Crippen molar-refractivity contribution in [3.63, 3.8) is 0 Å². The van der Waals surface area contributed by atoms with Gasteiger partial charge in [-0.2, -0.15) is 0 Å². The minimum absolute atomic E-state index is 0.0918. The van der Waals surface area contributed by atoms with E-state index in [2.05, 4.69) is 16.3 Å². The van der Waals surface area contributed by atoms with Gasteiger partial charge < -0.3 is 19.9 Å². The van der Waals surface area contributed by atoms with E-state index in [1.54, 1.807) is 0 Å². The third kappa shape index (κ3) is 5.05. The third-order valence-corrected chi connectivity index (χ3v) is 5.61. The topological polar surface area (TPSA) is 44.8 Å². The Balaban J connectivity index is 1.39. The van der Waals surface area contributed by atoms with Crippen LogP contribution in [0.4, 0.5) is 10.5 Å². The molecule has 3 rings (SSSR count). The molecule has 5 nitrogen and oxygen atoms in total. The summed E-state index contributed by atoms with van der Waals surface area (Å²) in [4.78, 5) is 16.6. The minimum Gasteiger partial charge on any atom is -0.492 e. The molecule has 2 fully saturated rings. The van der Waals surface area contributed by atoms with Crippen molar-refractivity contribution in [2.75, 3.05) is 44.2 Å². The maximum atomic E-state index is 12.4. The fourth-order valence-corrected chi connectivity index (χ4v) is 4.14. The maximum Gasteiger partial charge on any atom is 0.317 e. The molecule has 1 aliphatic heterocycles. The van der Waals surface area contributed by atoms with E-state index in [0.29, 0.717) is 6.61 Å². The highest BCUT2D eigenvalue weighted by Gasteiger charge is 2.22. The summed E-state index contributed by atoms with van der Waals surface area (Å²) >= 11 is 0. The summed E-state index contributed by atoms with van der Waals surface area (Å²) in [5, 5.41) is 3.11. The molecule has 26 heavy (non-hydrogen) atoms. The Bertz CT molecular complexity index is 564. The molecule has 1 saturated heterocycles. The van der Waals surface area contributed by atoms with Crippen molar-refractivity contribution in [3.8, 4) is 5.75 Å². The normalized spacial score (nSPS) is 18.2. The summed E-state index contributed by atoms with van der Waals surface area (Å²) in [5.41, 5.74) is 1.13. The molecule has 1 saturated carbocycles. The van der Waals surface area contributed by atoms with E-state index in [-0.39, 0.29) is 6.03 Å². The quantitative estimate of drug-likeness (QED) is 0.751. The summed E-state index contributed by atoms with van der Waals surface area (Å²) in [5.74, 6) is 1.83. The molecule has 1 aromatic carbocycles. The zero-order valence-corrected chi connectivity index (χ0v) is 16.1. The highest BCUT2D eigenvalue weighted by Crippen LogP contribution is 2.29. The van der Waals surface area contributed by atoms with Gasteiger partial charge in [-0.1, -0.05) is 37.8 Å². The van der Waals surface area contributed by atoms with Gasteiger partial charge in [0, 0.05) is 32.7 Å². The second-order valence-electron chi connectivity index (χ2n) is 7.40. The number of piperazine rings is 1. The van der Waals surface area contributed by atoms with E-state index >= 15 is 0 Å². The maximum absolute atomic E-state index is 12.4. The SMILES string of the molecule is CCOc1ccccc1N1CCN(C(=O)NCCCC2CCCC2)CC1. The van der Waals surface area contributed by atoms with Gasteiger partial charge in [0.2, 0.25) is 0 Å². The molecule has 0 aromatic heterocycles. The van der Waals surface area contributed by atoms with E-state index in [4.69, 9.17) is 4.74 Å². The summed E-state index contributed by atoms with van der Waals surface area (Å²) in [7, 11) is 0. The van der Waals surface area contributed by atoms with E-state index in [1.807, 2.05) is 30.0 Å². The Morgan fingerprint density at radius 2 is 1.88 bits per heavy atom. The molecular weight excluding hydrogens is 326 g/mol. The predicted octanol–water partition coefficient (Wildman–Crippen LogP) is 3.89. The van der Waals surface area contributed by atoms with Crippen LogP contribution in [0.3, 0.4) is 0 Å². The van der Waals surface area contributed by atoms with Crippen molar-refractivity contribution in [2.24, 2.45) is 5.92 Å². The average molecular weight is 360 g/mol. The van der Waals surface area contributed by atoms with Gasteiger partial charge in [0.25, 0.3) is 0 Å². The summed E-state index contributed by atoms with van der Waals surface area (Å²) < 4.78 is 5.74. The highest BCUT2D eigenvalue weighted by molar-refractivity contribution is 5.74. The first-order valence-electron chi connectivity index (χ1n) is 10.3. The molecular formula is C21H33N3O2. The number of nitrogens with one attached hydrogen (secondary N) is 1. The molecule has 1 aliphatic carbocycles. The molecule has 2 aliphatic rings. The summed E-state index contributed by atoms with van der Waals surface area (Å²) in [6.07, 6.45) is 7.94. The van der Waals surface area contributed by atoms with Gasteiger partial charge in [-0.05, 0) is 37.8 Å². The summed E-state index contributed by atoms with van der Waals surface area (Å²) in [6.45, 7) is 6.69. The fraction of sp³-hybridized carbons (Fsp3) is 0.667. The van der Waals surface area contributed by atoms with Crippen molar-refractivity contribution < 1.29 is 9.53 Å². The van der Waals surface area contributed by atoms with Crippen LogP contribution in [0.2, 0.25) is 0 Å². The van der Waals surface area contributed by atoms with Gasteiger partial charge in [0.1, 0.15) is 5.75 Å². The number of hydrogen-bond donors (Lipinski definition) is 1. The van der Waals surface area contributed by atoms with Gasteiger partial charge in [-0.3, -0.25) is 0 Å². The van der Waals surface area contributed by atoms with Crippen LogP contribution in [0.5, 0.6) is 5.75 Å². The monoisotopic (exact) mass is 359 g/mol. The van der Waals surface area contributed by atoms with E-state index in [1.165, 1.54) is 32.1 Å². The van der Waals surface area contributed by atoms with Gasteiger partial charge in [0.05, 0.1) is 12.3 Å². The van der Waals surface area contributed by atoms with Crippen LogP contribution in [-0.2, 0) is 0 Å². The fourth-order valence-electron chi connectivity index (χ4n) is 4.14. The number of amides is 2. The van der Waals surface area contributed by atoms with Crippen LogP contribution in [0.1, 0.15) is 45.4 Å². The first-order valence-corrected chi connectivity index (χ1v) is 10.3. The first-order chi connectivity index (χ1) is 12.8. The number of hydrogen-bond acceptors (Lipinski definition) is 3. The Morgan fingerprint density at radius 3 is 2.62 bits per heavy atom. The van der Waals surface area contributed by atoms with Gasteiger partial charge in [0.15, 0.2) is 0 Å². The van der Waals surface area contributed by atoms with E-state index < -0.39 is 0 Å². The van der Waals surface area contributed by atoms with Crippen molar-refractivity contribution in [2.45, 2.75) is 45.4 Å². The molecule has 0 spiro atoms. The molecule has 0 bridgehead atoms. The Morgan fingerprint density at radius 1 is 1.15 bits per heavy atom. The highest BCUT2D eigenvalue weighted by atomic mass is 16.5. The first kappa shape index (κ1) is 18.9. The van der Waals surface area contributed by atoms with Gasteiger partial charge in [-0.15, -0.1) is 0 Å². The predicted molar refractivity (Wildman–Crippen MR) is 106 cm³/mol. The lowest BCUT2D eigenvalue weighted by Crippen LogP contribution is -2.52. The lowest BCUT2D eigenvalue weighted by Gasteiger charge is -2.36. The van der Waals surface area contributed by atoms with Gasteiger partial charge >= 0.3 is 6.03 Å². The lowest BCUT2D eigenvalue weighted by molar-refractivity contribution is 0.194. The zero-order chi connectivity index (χ0) is 18.2. The molecule has 1 aromatic rings. The second-order valence-corrected chi connectivity index (χ2v) is 7.40. The zero-order valence-electron chi connectivity index (χ0n) is 16.1. The molecule has 0 radical (unpaired) electrons. The largest absolute Gasteiger partial charge is 0.492 e. The molecule has 1 N–H and O–H groups in total. The van der Waals surface area contributed by atoms with Gasteiger partial charge in [-0.25, -0.2) is 4.79 Å². The minimum atomic E-state index is 0.0918. The van der Waals surface area contributed by atoms with Crippen LogP contribution in [-0.4, -0.2) is 50.3 Å². The number of nitrogens with zero attached hydrogens (tertiary/aromatic N) is 2. The van der Waals surface area contributed by atoms with E-state index in [9.17, 15) is 4.79 Å². The molecule has 1 heterocycles. The molecule has 5 heteroatoms. The van der Waals surface area contributed by atoms with Crippen LogP contribution in [0.25, 0.3) is 0 Å². The molecule has 144 valence electrons. The third-order valence-electron chi connectivity index (χ3n) is 5.61. The molecule has 2 amide bonds. The number of para-hydroxylation sites is 2. The number of rotatable bonds is 7. The Kier molecular flexibility index (Phi) is 7.04. The van der Waals surface area contributed by atoms with Crippen molar-refractivity contribution in [3.05, 3.63) is 24.3 Å². The molecule has 0 unspecified atom stereocenters. The Hall–Kier alpha value is -1.91. The van der Waals surface area contributed by atoms with Crippen molar-refractivity contribution in [1.82, 2.24) is 10.2 Å².